The number of hydrogen-bond donors (Lipinski definition) is 0. The molecule has 3 rings (SSSR count). The predicted octanol–water partition coefficient (Wildman–Crippen LogP) is 3.73. The maximum Gasteiger partial charge on any atom is 0.232 e. The summed E-state index contributed by atoms with van der Waals surface area (Å²) in [6.07, 6.45) is 6.70. The molecule has 1 aromatic heterocycles. The summed E-state index contributed by atoms with van der Waals surface area (Å²) >= 11 is 1.56. The fourth-order valence-corrected chi connectivity index (χ4v) is 4.33. The number of rotatable bonds is 8. The molecule has 2 heterocycles. The van der Waals surface area contributed by atoms with Gasteiger partial charge in [0.25, 0.3) is 0 Å². The van der Waals surface area contributed by atoms with Crippen LogP contribution in [0, 0.1) is 11.7 Å². The molecule has 0 atom stereocenters. The van der Waals surface area contributed by atoms with Crippen molar-refractivity contribution in [3.05, 3.63) is 60.2 Å². The molecular weight excluding hydrogens is 373 g/mol. The van der Waals surface area contributed by atoms with Gasteiger partial charge in [-0.05, 0) is 68.1 Å². The van der Waals surface area contributed by atoms with Crippen molar-refractivity contribution in [3.63, 3.8) is 0 Å². The molecule has 150 valence electrons. The lowest BCUT2D eigenvalue weighted by Crippen LogP contribution is -2.40. The number of hydrogen-bond acceptors (Lipinski definition) is 4. The van der Waals surface area contributed by atoms with E-state index in [1.807, 2.05) is 36.2 Å². The van der Waals surface area contributed by atoms with Crippen LogP contribution in [0.15, 0.2) is 53.7 Å². The lowest BCUT2D eigenvalue weighted by molar-refractivity contribution is -0.127. The highest BCUT2D eigenvalue weighted by atomic mass is 32.2. The van der Waals surface area contributed by atoms with Crippen LogP contribution in [0.4, 0.5) is 4.39 Å². The quantitative estimate of drug-likeness (QED) is 0.632. The minimum atomic E-state index is -0.178. The Kier molecular flexibility index (Phi) is 7.86. The number of nitrogens with zero attached hydrogens (tertiary/aromatic N) is 3. The number of carbonyl (C=O) groups excluding carboxylic acids is 1. The van der Waals surface area contributed by atoms with E-state index in [2.05, 4.69) is 9.88 Å². The molecule has 0 bridgehead atoms. The van der Waals surface area contributed by atoms with Crippen molar-refractivity contribution in [2.45, 2.75) is 24.2 Å². The maximum atomic E-state index is 13.0. The van der Waals surface area contributed by atoms with E-state index >= 15 is 0 Å². The van der Waals surface area contributed by atoms with Gasteiger partial charge in [0.15, 0.2) is 0 Å². The normalized spacial score (nSPS) is 15.5. The van der Waals surface area contributed by atoms with Crippen molar-refractivity contribution in [3.8, 4) is 0 Å². The second kappa shape index (κ2) is 10.6. The Balaban J connectivity index is 1.34. The first-order chi connectivity index (χ1) is 13.6. The Morgan fingerprint density at radius 2 is 1.86 bits per heavy atom. The molecule has 2 aromatic rings. The lowest BCUT2D eigenvalue weighted by Gasteiger charge is -2.34. The van der Waals surface area contributed by atoms with Gasteiger partial charge in [-0.1, -0.05) is 12.1 Å². The number of likely N-dealkylation sites (tertiary alicyclic amines) is 1. The average Bonchev–Trinajstić information content (AvgIpc) is 2.73. The number of aromatic nitrogens is 1. The summed E-state index contributed by atoms with van der Waals surface area (Å²) in [4.78, 5) is 21.8. The highest BCUT2D eigenvalue weighted by Gasteiger charge is 2.22. The summed E-state index contributed by atoms with van der Waals surface area (Å²) in [7, 11) is 1.91. The van der Waals surface area contributed by atoms with Gasteiger partial charge in [0.1, 0.15) is 5.82 Å². The van der Waals surface area contributed by atoms with Crippen LogP contribution in [0.25, 0.3) is 0 Å². The average molecular weight is 402 g/mol. The number of thioether (sulfide) groups is 1. The van der Waals surface area contributed by atoms with Gasteiger partial charge >= 0.3 is 0 Å². The highest BCUT2D eigenvalue weighted by Crippen LogP contribution is 2.20. The summed E-state index contributed by atoms with van der Waals surface area (Å²) in [6, 6.07) is 10.7. The standard InChI is InChI=1S/C22H28FN3OS/c1-25(22(27)17-28-21-6-11-24-12-7-21)16-19-9-14-26(15-10-19)13-8-18-2-4-20(23)5-3-18/h2-7,11-12,19H,8-10,13-17H2,1H3. The highest BCUT2D eigenvalue weighted by molar-refractivity contribution is 8.00. The third-order valence-corrected chi connectivity index (χ3v) is 6.30. The smallest absolute Gasteiger partial charge is 0.232 e. The molecule has 1 aromatic carbocycles. The van der Waals surface area contributed by atoms with Crippen LogP contribution in [0.1, 0.15) is 18.4 Å². The van der Waals surface area contributed by atoms with Gasteiger partial charge in [-0.3, -0.25) is 9.78 Å². The second-order valence-electron chi connectivity index (χ2n) is 7.41. The van der Waals surface area contributed by atoms with Gasteiger partial charge in [-0.2, -0.15) is 0 Å². The van der Waals surface area contributed by atoms with E-state index in [1.165, 1.54) is 17.7 Å². The van der Waals surface area contributed by atoms with E-state index in [0.717, 1.165) is 50.3 Å². The number of carbonyl (C=O) groups is 1. The third kappa shape index (κ3) is 6.60. The van der Waals surface area contributed by atoms with Crippen LogP contribution < -0.4 is 0 Å². The van der Waals surface area contributed by atoms with Crippen molar-refractivity contribution in [2.24, 2.45) is 5.92 Å². The minimum Gasteiger partial charge on any atom is -0.345 e. The molecule has 28 heavy (non-hydrogen) atoms. The topological polar surface area (TPSA) is 36.4 Å². The van der Waals surface area contributed by atoms with E-state index in [0.29, 0.717) is 11.7 Å². The molecule has 0 radical (unpaired) electrons. The molecule has 0 spiro atoms. The molecular formula is C22H28FN3OS. The largest absolute Gasteiger partial charge is 0.345 e. The Morgan fingerprint density at radius 3 is 2.54 bits per heavy atom. The van der Waals surface area contributed by atoms with E-state index in [-0.39, 0.29) is 11.7 Å². The fraction of sp³-hybridized carbons (Fsp3) is 0.455. The minimum absolute atomic E-state index is 0.178. The van der Waals surface area contributed by atoms with Gasteiger partial charge in [-0.15, -0.1) is 11.8 Å². The third-order valence-electron chi connectivity index (χ3n) is 5.31. The van der Waals surface area contributed by atoms with Gasteiger partial charge < -0.3 is 9.80 Å². The van der Waals surface area contributed by atoms with Gasteiger partial charge in [0, 0.05) is 37.4 Å². The number of halogens is 1. The first-order valence-electron chi connectivity index (χ1n) is 9.84. The Morgan fingerprint density at radius 1 is 1.18 bits per heavy atom. The summed E-state index contributed by atoms with van der Waals surface area (Å²) in [6.45, 7) is 3.98. The van der Waals surface area contributed by atoms with E-state index in [4.69, 9.17) is 0 Å². The summed E-state index contributed by atoms with van der Waals surface area (Å²) in [5.41, 5.74) is 1.18. The number of amides is 1. The molecule has 4 nitrogen and oxygen atoms in total. The van der Waals surface area contributed by atoms with Crippen molar-refractivity contribution in [2.75, 3.05) is 39.0 Å². The van der Waals surface area contributed by atoms with Gasteiger partial charge in [-0.25, -0.2) is 4.39 Å². The lowest BCUT2D eigenvalue weighted by atomic mass is 9.96. The van der Waals surface area contributed by atoms with Crippen LogP contribution in [-0.4, -0.2) is 59.7 Å². The zero-order valence-electron chi connectivity index (χ0n) is 16.4. The van der Waals surface area contributed by atoms with Crippen LogP contribution in [0.2, 0.25) is 0 Å². The molecule has 0 N–H and O–H groups in total. The van der Waals surface area contributed by atoms with E-state index in [9.17, 15) is 9.18 Å². The van der Waals surface area contributed by atoms with E-state index in [1.54, 1.807) is 24.2 Å². The number of pyridine rings is 1. The van der Waals surface area contributed by atoms with Crippen LogP contribution in [0.5, 0.6) is 0 Å². The van der Waals surface area contributed by atoms with E-state index < -0.39 is 0 Å². The molecule has 0 saturated carbocycles. The Labute approximate surface area is 171 Å². The number of benzene rings is 1. The van der Waals surface area contributed by atoms with Crippen LogP contribution >= 0.6 is 11.8 Å². The molecule has 6 heteroatoms. The zero-order chi connectivity index (χ0) is 19.8. The molecule has 1 saturated heterocycles. The van der Waals surface area contributed by atoms with Crippen LogP contribution in [0.3, 0.4) is 0 Å². The molecule has 1 aliphatic heterocycles. The molecule has 0 unspecified atom stereocenters. The Bertz CT molecular complexity index is 733. The SMILES string of the molecule is CN(CC1CCN(CCc2ccc(F)cc2)CC1)C(=O)CSc1ccncc1. The van der Waals surface area contributed by atoms with Gasteiger partial charge in [0.2, 0.25) is 5.91 Å². The summed E-state index contributed by atoms with van der Waals surface area (Å²) in [5, 5.41) is 0. The summed E-state index contributed by atoms with van der Waals surface area (Å²) < 4.78 is 13.0. The summed E-state index contributed by atoms with van der Waals surface area (Å²) in [5.74, 6) is 1.04. The molecule has 1 fully saturated rings. The predicted molar refractivity (Wildman–Crippen MR) is 112 cm³/mol. The molecule has 1 amide bonds. The molecule has 1 aliphatic rings. The van der Waals surface area contributed by atoms with Crippen molar-refractivity contribution in [1.29, 1.82) is 0 Å². The maximum absolute atomic E-state index is 13.0. The van der Waals surface area contributed by atoms with Crippen molar-refractivity contribution < 1.29 is 9.18 Å². The van der Waals surface area contributed by atoms with Crippen molar-refractivity contribution >= 4 is 17.7 Å². The fourth-order valence-electron chi connectivity index (χ4n) is 3.51. The number of piperidine rings is 1. The monoisotopic (exact) mass is 401 g/mol. The first-order valence-corrected chi connectivity index (χ1v) is 10.8. The van der Waals surface area contributed by atoms with Gasteiger partial charge in [0.05, 0.1) is 5.75 Å². The zero-order valence-corrected chi connectivity index (χ0v) is 17.2. The van der Waals surface area contributed by atoms with Crippen molar-refractivity contribution in [1.82, 2.24) is 14.8 Å². The molecule has 0 aliphatic carbocycles. The first kappa shape index (κ1) is 20.8. The second-order valence-corrected chi connectivity index (χ2v) is 8.46. The Hall–Kier alpha value is -1.92. The van der Waals surface area contributed by atoms with Crippen LogP contribution in [-0.2, 0) is 11.2 Å².